The van der Waals surface area contributed by atoms with Crippen LogP contribution in [0.15, 0.2) is 112 Å². The van der Waals surface area contributed by atoms with E-state index in [4.69, 9.17) is 25.7 Å². The highest BCUT2D eigenvalue weighted by Gasteiger charge is 2.34. The minimum atomic E-state index is -0.107. The molecule has 1 aliphatic heterocycles. The van der Waals surface area contributed by atoms with E-state index in [1.54, 1.807) is 11.2 Å². The smallest absolute Gasteiger partial charge is 0.267 e. The zero-order valence-corrected chi connectivity index (χ0v) is 20.2. The van der Waals surface area contributed by atoms with Crippen LogP contribution in [-0.2, 0) is 17.9 Å². The minimum Gasteiger partial charge on any atom is -0.489 e. The highest BCUT2D eigenvalue weighted by Crippen LogP contribution is 2.35. The monoisotopic (exact) mass is 500 g/mol. The number of furan rings is 1. The van der Waals surface area contributed by atoms with Crippen molar-refractivity contribution in [2.75, 3.05) is 0 Å². The third kappa shape index (κ3) is 5.85. The Morgan fingerprint density at radius 2 is 1.71 bits per heavy atom. The quantitative estimate of drug-likeness (QED) is 0.249. The number of ether oxygens (including phenoxy) is 1. The van der Waals surface area contributed by atoms with Crippen LogP contribution in [0.5, 0.6) is 5.75 Å². The molecule has 4 aromatic rings. The van der Waals surface area contributed by atoms with E-state index in [2.05, 4.69) is 0 Å². The molecular weight excluding hydrogens is 480 g/mol. The van der Waals surface area contributed by atoms with E-state index in [1.165, 1.54) is 11.8 Å². The van der Waals surface area contributed by atoms with Gasteiger partial charge in [0.25, 0.3) is 5.91 Å². The second kappa shape index (κ2) is 10.7. The van der Waals surface area contributed by atoms with Gasteiger partial charge < -0.3 is 9.15 Å². The Kier molecular flexibility index (Phi) is 7.02. The fraction of sp³-hybridized carbons (Fsp3) is 0.0714. The lowest BCUT2D eigenvalue weighted by Gasteiger charge is -2.13. The Morgan fingerprint density at radius 3 is 2.43 bits per heavy atom. The number of amides is 1. The number of rotatable bonds is 7. The van der Waals surface area contributed by atoms with Crippen LogP contribution in [-0.4, -0.2) is 16.0 Å². The zero-order chi connectivity index (χ0) is 24.0. The van der Waals surface area contributed by atoms with Gasteiger partial charge in [-0.05, 0) is 77.5 Å². The Morgan fingerprint density at radius 1 is 0.943 bits per heavy atom. The molecule has 0 N–H and O–H groups in total. The van der Waals surface area contributed by atoms with Crippen LogP contribution in [0.2, 0.25) is 5.02 Å². The van der Waals surface area contributed by atoms with E-state index < -0.39 is 0 Å². The number of hydrogen-bond donors (Lipinski definition) is 0. The molecule has 7 heteroatoms. The maximum atomic E-state index is 13.3. The number of halogens is 1. The summed E-state index contributed by atoms with van der Waals surface area (Å²) in [5.74, 6) is 1.34. The summed E-state index contributed by atoms with van der Waals surface area (Å²) in [6.45, 7) is 0.770. The minimum absolute atomic E-state index is 0.107. The number of benzene rings is 3. The van der Waals surface area contributed by atoms with Gasteiger partial charge in [0.1, 0.15) is 18.1 Å². The van der Waals surface area contributed by atoms with Gasteiger partial charge in [0.15, 0.2) is 5.17 Å². The number of carbonyl (C=O) groups is 1. The molecule has 35 heavy (non-hydrogen) atoms. The van der Waals surface area contributed by atoms with Gasteiger partial charge >= 0.3 is 0 Å². The molecule has 0 aliphatic carbocycles. The molecule has 5 rings (SSSR count). The van der Waals surface area contributed by atoms with E-state index >= 15 is 0 Å². The van der Waals surface area contributed by atoms with E-state index in [-0.39, 0.29) is 5.91 Å². The van der Waals surface area contributed by atoms with Crippen LogP contribution < -0.4 is 4.74 Å². The van der Waals surface area contributed by atoms with Gasteiger partial charge in [-0.3, -0.25) is 9.69 Å². The number of carbonyl (C=O) groups excluding carboxylic acids is 1. The highest BCUT2D eigenvalue weighted by atomic mass is 35.5. The first kappa shape index (κ1) is 23.0. The first-order chi connectivity index (χ1) is 17.1. The van der Waals surface area contributed by atoms with Crippen LogP contribution in [0.1, 0.15) is 16.9 Å². The van der Waals surface area contributed by atoms with E-state index in [1.807, 2.05) is 97.1 Å². The topological polar surface area (TPSA) is 55.0 Å². The molecule has 5 nitrogen and oxygen atoms in total. The summed E-state index contributed by atoms with van der Waals surface area (Å²) in [6.07, 6.45) is 3.48. The predicted molar refractivity (Wildman–Crippen MR) is 141 cm³/mol. The van der Waals surface area contributed by atoms with Crippen LogP contribution >= 0.6 is 23.4 Å². The molecule has 0 unspecified atom stereocenters. The molecule has 3 aromatic carbocycles. The third-order valence-electron chi connectivity index (χ3n) is 5.26. The van der Waals surface area contributed by atoms with Crippen molar-refractivity contribution in [3.8, 4) is 5.75 Å². The van der Waals surface area contributed by atoms with Crippen molar-refractivity contribution in [3.05, 3.63) is 124 Å². The van der Waals surface area contributed by atoms with Crippen molar-refractivity contribution in [2.24, 2.45) is 4.99 Å². The Hall–Kier alpha value is -3.74. The van der Waals surface area contributed by atoms with Gasteiger partial charge in [-0.2, -0.15) is 0 Å². The number of aliphatic imine (C=N–C) groups is 1. The number of amidine groups is 1. The van der Waals surface area contributed by atoms with E-state index in [0.29, 0.717) is 34.0 Å². The molecule has 1 amide bonds. The second-order valence-corrected chi connectivity index (χ2v) is 9.24. The molecule has 174 valence electrons. The molecule has 1 aromatic heterocycles. The molecule has 2 heterocycles. The third-order valence-corrected chi connectivity index (χ3v) is 6.52. The lowest BCUT2D eigenvalue weighted by atomic mass is 10.2. The standard InChI is InChI=1S/C28H21ClN2O3S/c29-22-12-8-21(9-13-22)19-34-24-14-10-20(11-15-24)17-26-27(32)31(18-25-7-4-16-33-25)28(35-26)30-23-5-2-1-3-6-23/h1-17H,18-19H2/b26-17-,30-28?. The van der Waals surface area contributed by atoms with Crippen LogP contribution in [0, 0.1) is 0 Å². The van der Waals surface area contributed by atoms with Gasteiger partial charge in [-0.25, -0.2) is 4.99 Å². The Balaban J connectivity index is 1.33. The average molecular weight is 501 g/mol. The summed E-state index contributed by atoms with van der Waals surface area (Å²) >= 11 is 7.29. The van der Waals surface area contributed by atoms with Gasteiger partial charge in [-0.15, -0.1) is 0 Å². The second-order valence-electron chi connectivity index (χ2n) is 7.80. The first-order valence-electron chi connectivity index (χ1n) is 11.0. The van der Waals surface area contributed by atoms with Crippen LogP contribution in [0.4, 0.5) is 5.69 Å². The fourth-order valence-corrected chi connectivity index (χ4v) is 4.58. The van der Waals surface area contributed by atoms with E-state index in [9.17, 15) is 4.79 Å². The van der Waals surface area contributed by atoms with Gasteiger partial charge in [0, 0.05) is 5.02 Å². The maximum Gasteiger partial charge on any atom is 0.267 e. The van der Waals surface area contributed by atoms with Crippen molar-refractivity contribution in [3.63, 3.8) is 0 Å². The summed E-state index contributed by atoms with van der Waals surface area (Å²) in [5.41, 5.74) is 2.73. The SMILES string of the molecule is O=C1/C(=C/c2ccc(OCc3ccc(Cl)cc3)cc2)SC(=Nc2ccccc2)N1Cc1ccco1. The van der Waals surface area contributed by atoms with Crippen molar-refractivity contribution >= 4 is 46.2 Å². The molecular formula is C28H21ClN2O3S. The van der Waals surface area contributed by atoms with Gasteiger partial charge in [-0.1, -0.05) is 54.1 Å². The van der Waals surface area contributed by atoms with Crippen LogP contribution in [0.3, 0.4) is 0 Å². The highest BCUT2D eigenvalue weighted by molar-refractivity contribution is 8.18. The van der Waals surface area contributed by atoms with Crippen molar-refractivity contribution in [2.45, 2.75) is 13.2 Å². The molecule has 0 radical (unpaired) electrons. The average Bonchev–Trinajstić information content (AvgIpc) is 3.50. The van der Waals surface area contributed by atoms with Crippen molar-refractivity contribution in [1.29, 1.82) is 0 Å². The number of thioether (sulfide) groups is 1. The largest absolute Gasteiger partial charge is 0.489 e. The lowest BCUT2D eigenvalue weighted by molar-refractivity contribution is -0.122. The molecule has 0 bridgehead atoms. The van der Waals surface area contributed by atoms with Gasteiger partial charge in [0.05, 0.1) is 23.4 Å². The van der Waals surface area contributed by atoms with Crippen LogP contribution in [0.25, 0.3) is 6.08 Å². The summed E-state index contributed by atoms with van der Waals surface area (Å²) in [6, 6.07) is 28.5. The number of para-hydroxylation sites is 1. The summed E-state index contributed by atoms with van der Waals surface area (Å²) < 4.78 is 11.3. The lowest BCUT2D eigenvalue weighted by Crippen LogP contribution is -2.28. The zero-order valence-electron chi connectivity index (χ0n) is 18.6. The predicted octanol–water partition coefficient (Wildman–Crippen LogP) is 7.32. The van der Waals surface area contributed by atoms with Crippen molar-refractivity contribution < 1.29 is 13.9 Å². The molecule has 0 saturated carbocycles. The Labute approximate surface area is 212 Å². The van der Waals surface area contributed by atoms with Crippen molar-refractivity contribution in [1.82, 2.24) is 4.90 Å². The number of nitrogens with zero attached hydrogens (tertiary/aromatic N) is 2. The normalized spacial score (nSPS) is 15.8. The Bertz CT molecular complexity index is 1350. The number of hydrogen-bond acceptors (Lipinski definition) is 5. The molecule has 0 spiro atoms. The van der Waals surface area contributed by atoms with E-state index in [0.717, 1.165) is 22.6 Å². The molecule has 0 atom stereocenters. The molecule has 1 fully saturated rings. The fourth-order valence-electron chi connectivity index (χ4n) is 3.46. The first-order valence-corrected chi connectivity index (χ1v) is 12.2. The maximum absolute atomic E-state index is 13.3. The molecule has 1 aliphatic rings. The van der Waals surface area contributed by atoms with Gasteiger partial charge in [0.2, 0.25) is 0 Å². The summed E-state index contributed by atoms with van der Waals surface area (Å²) in [7, 11) is 0. The molecule has 1 saturated heterocycles. The summed E-state index contributed by atoms with van der Waals surface area (Å²) in [5, 5.41) is 1.32. The summed E-state index contributed by atoms with van der Waals surface area (Å²) in [4.78, 5) is 20.2.